The Morgan fingerprint density at radius 1 is 1.56 bits per heavy atom. The van der Waals surface area contributed by atoms with E-state index in [9.17, 15) is 4.79 Å². The van der Waals surface area contributed by atoms with Gasteiger partial charge in [0, 0.05) is 0 Å². The summed E-state index contributed by atoms with van der Waals surface area (Å²) in [5.74, 6) is 6.49. The Kier molecular flexibility index (Phi) is 3.73. The van der Waals surface area contributed by atoms with Crippen LogP contribution in [0.5, 0.6) is 0 Å². The Balaban J connectivity index is 2.06. The average Bonchev–Trinajstić information content (AvgIpc) is 2.93. The Hall–Kier alpha value is -1.73. The topological polar surface area (TPSA) is 94.3 Å². The monoisotopic (exact) mass is 267 g/mol. The molecule has 0 saturated carbocycles. The lowest BCUT2D eigenvalue weighted by Gasteiger charge is -1.99. The molecule has 0 aromatic carbocycles. The number of rotatable bonds is 4. The maximum Gasteiger partial charge on any atom is 0.268 e. The third-order valence-electron chi connectivity index (χ3n) is 2.46. The molecule has 0 unspecified atom stereocenters. The van der Waals surface area contributed by atoms with Gasteiger partial charge in [-0.15, -0.1) is 0 Å². The number of nitrogens with two attached hydrogens (primary N) is 1. The molecule has 96 valence electrons. The molecule has 1 amide bonds. The molecule has 0 aliphatic carbocycles. The number of hydrogen-bond acceptors (Lipinski definition) is 6. The standard InChI is InChI=1S/C11H13N3O3S/c1-6-7(2)17-11(13-6)18-5-9-8(3-4-16-9)10(15)14-12/h3-4H,5,12H2,1-2H3,(H,14,15). The number of carbonyl (C=O) groups excluding carboxylic acids is 1. The number of hydrazine groups is 1. The molecule has 2 rings (SSSR count). The molecule has 2 heterocycles. The van der Waals surface area contributed by atoms with E-state index in [-0.39, 0.29) is 5.91 Å². The van der Waals surface area contributed by atoms with Crippen LogP contribution in [-0.4, -0.2) is 10.9 Å². The smallest absolute Gasteiger partial charge is 0.268 e. The van der Waals surface area contributed by atoms with Gasteiger partial charge in [-0.3, -0.25) is 10.2 Å². The van der Waals surface area contributed by atoms with Crippen LogP contribution in [0.4, 0.5) is 0 Å². The number of aryl methyl sites for hydroxylation is 2. The lowest BCUT2D eigenvalue weighted by molar-refractivity contribution is 0.0952. The Morgan fingerprint density at radius 3 is 2.94 bits per heavy atom. The summed E-state index contributed by atoms with van der Waals surface area (Å²) in [5.41, 5.74) is 3.35. The predicted molar refractivity (Wildman–Crippen MR) is 65.9 cm³/mol. The molecule has 6 nitrogen and oxygen atoms in total. The molecule has 0 spiro atoms. The van der Waals surface area contributed by atoms with Crippen LogP contribution in [0.1, 0.15) is 27.6 Å². The van der Waals surface area contributed by atoms with Crippen LogP contribution in [0.15, 0.2) is 26.4 Å². The number of aromatic nitrogens is 1. The van der Waals surface area contributed by atoms with E-state index >= 15 is 0 Å². The fraction of sp³-hybridized carbons (Fsp3) is 0.273. The zero-order valence-electron chi connectivity index (χ0n) is 10.0. The number of carbonyl (C=O) groups is 1. The Labute approximate surface area is 108 Å². The van der Waals surface area contributed by atoms with Gasteiger partial charge in [-0.25, -0.2) is 10.8 Å². The first-order chi connectivity index (χ1) is 8.61. The molecule has 3 N–H and O–H groups in total. The SMILES string of the molecule is Cc1nc(SCc2occc2C(=O)NN)oc1C. The van der Waals surface area contributed by atoms with Gasteiger partial charge in [0.25, 0.3) is 11.1 Å². The van der Waals surface area contributed by atoms with Crippen molar-refractivity contribution in [1.82, 2.24) is 10.4 Å². The summed E-state index contributed by atoms with van der Waals surface area (Å²) in [4.78, 5) is 15.7. The van der Waals surface area contributed by atoms with Crippen molar-refractivity contribution < 1.29 is 13.6 Å². The summed E-state index contributed by atoms with van der Waals surface area (Å²) in [5, 5.41) is 0.556. The molecular weight excluding hydrogens is 254 g/mol. The van der Waals surface area contributed by atoms with E-state index in [0.717, 1.165) is 11.5 Å². The number of amides is 1. The van der Waals surface area contributed by atoms with Crippen LogP contribution in [0.3, 0.4) is 0 Å². The molecule has 0 atom stereocenters. The molecule has 0 aliphatic heterocycles. The van der Waals surface area contributed by atoms with Crippen molar-refractivity contribution in [2.24, 2.45) is 5.84 Å². The Morgan fingerprint density at radius 2 is 2.33 bits per heavy atom. The quantitative estimate of drug-likeness (QED) is 0.379. The highest BCUT2D eigenvalue weighted by Gasteiger charge is 2.15. The second-order valence-corrected chi connectivity index (χ2v) is 4.57. The van der Waals surface area contributed by atoms with Crippen molar-refractivity contribution in [2.45, 2.75) is 24.8 Å². The maximum absolute atomic E-state index is 11.4. The summed E-state index contributed by atoms with van der Waals surface area (Å²) in [6.45, 7) is 3.73. The fourth-order valence-corrected chi connectivity index (χ4v) is 2.23. The van der Waals surface area contributed by atoms with Gasteiger partial charge in [-0.2, -0.15) is 0 Å². The van der Waals surface area contributed by atoms with E-state index in [1.54, 1.807) is 6.07 Å². The van der Waals surface area contributed by atoms with Gasteiger partial charge in [0.2, 0.25) is 0 Å². The van der Waals surface area contributed by atoms with E-state index in [0.29, 0.717) is 22.3 Å². The molecule has 0 aliphatic rings. The number of oxazole rings is 1. The minimum absolute atomic E-state index is 0.376. The minimum atomic E-state index is -0.376. The van der Waals surface area contributed by atoms with Gasteiger partial charge in [-0.05, 0) is 19.9 Å². The largest absolute Gasteiger partial charge is 0.468 e. The molecule has 0 bridgehead atoms. The van der Waals surface area contributed by atoms with Crippen molar-refractivity contribution in [1.29, 1.82) is 0 Å². The molecular formula is C11H13N3O3S. The molecule has 18 heavy (non-hydrogen) atoms. The maximum atomic E-state index is 11.4. The number of nitrogens with zero attached hydrogens (tertiary/aromatic N) is 1. The van der Waals surface area contributed by atoms with Crippen LogP contribution in [0.2, 0.25) is 0 Å². The molecule has 0 radical (unpaired) electrons. The molecule has 0 saturated heterocycles. The van der Waals surface area contributed by atoms with E-state index in [2.05, 4.69) is 10.4 Å². The summed E-state index contributed by atoms with van der Waals surface area (Å²) in [7, 11) is 0. The van der Waals surface area contributed by atoms with Crippen LogP contribution in [0, 0.1) is 13.8 Å². The van der Waals surface area contributed by atoms with Gasteiger partial charge in [0.05, 0.1) is 23.3 Å². The van der Waals surface area contributed by atoms with Crippen molar-refractivity contribution in [2.75, 3.05) is 0 Å². The van der Waals surface area contributed by atoms with E-state index in [4.69, 9.17) is 14.7 Å². The lowest BCUT2D eigenvalue weighted by atomic mass is 10.2. The molecule has 2 aromatic heterocycles. The molecule has 7 heteroatoms. The first-order valence-electron chi connectivity index (χ1n) is 5.26. The summed E-state index contributed by atoms with van der Waals surface area (Å²) < 4.78 is 10.7. The van der Waals surface area contributed by atoms with Gasteiger partial charge in [0.1, 0.15) is 11.5 Å². The zero-order chi connectivity index (χ0) is 13.1. The third kappa shape index (κ3) is 2.57. The van der Waals surface area contributed by atoms with Crippen LogP contribution in [0.25, 0.3) is 0 Å². The number of nitrogens with one attached hydrogen (secondary N) is 1. The normalized spacial score (nSPS) is 10.6. The fourth-order valence-electron chi connectivity index (χ4n) is 1.36. The van der Waals surface area contributed by atoms with E-state index in [1.807, 2.05) is 13.8 Å². The van der Waals surface area contributed by atoms with Crippen molar-refractivity contribution in [3.8, 4) is 0 Å². The first kappa shape index (κ1) is 12.7. The highest BCUT2D eigenvalue weighted by molar-refractivity contribution is 7.98. The van der Waals surface area contributed by atoms with Gasteiger partial charge in [0.15, 0.2) is 0 Å². The summed E-state index contributed by atoms with van der Waals surface area (Å²) in [6, 6.07) is 1.57. The molecule has 2 aromatic rings. The van der Waals surface area contributed by atoms with Crippen LogP contribution < -0.4 is 11.3 Å². The first-order valence-corrected chi connectivity index (χ1v) is 6.24. The summed E-state index contributed by atoms with van der Waals surface area (Å²) >= 11 is 1.36. The number of hydrogen-bond donors (Lipinski definition) is 2. The van der Waals surface area contributed by atoms with Crippen molar-refractivity contribution in [3.05, 3.63) is 35.1 Å². The van der Waals surface area contributed by atoms with Crippen LogP contribution in [-0.2, 0) is 5.75 Å². The zero-order valence-corrected chi connectivity index (χ0v) is 10.8. The van der Waals surface area contributed by atoms with E-state index < -0.39 is 0 Å². The summed E-state index contributed by atoms with van der Waals surface area (Å²) in [6.07, 6.45) is 1.45. The van der Waals surface area contributed by atoms with Gasteiger partial charge < -0.3 is 8.83 Å². The minimum Gasteiger partial charge on any atom is -0.468 e. The lowest BCUT2D eigenvalue weighted by Crippen LogP contribution is -2.30. The molecule has 0 fully saturated rings. The second-order valence-electron chi connectivity index (χ2n) is 3.64. The number of furan rings is 1. The third-order valence-corrected chi connectivity index (χ3v) is 3.28. The van der Waals surface area contributed by atoms with Gasteiger partial charge in [-0.1, -0.05) is 11.8 Å². The highest BCUT2D eigenvalue weighted by Crippen LogP contribution is 2.25. The Bertz CT molecular complexity index is 542. The van der Waals surface area contributed by atoms with Crippen molar-refractivity contribution >= 4 is 17.7 Å². The number of thioether (sulfide) groups is 1. The van der Waals surface area contributed by atoms with Crippen LogP contribution >= 0.6 is 11.8 Å². The van der Waals surface area contributed by atoms with Crippen molar-refractivity contribution in [3.63, 3.8) is 0 Å². The average molecular weight is 267 g/mol. The number of nitrogen functional groups attached to an aromatic ring is 1. The predicted octanol–water partition coefficient (Wildman–Crippen LogP) is 1.78. The second kappa shape index (κ2) is 5.28. The van der Waals surface area contributed by atoms with Gasteiger partial charge >= 0.3 is 0 Å². The highest BCUT2D eigenvalue weighted by atomic mass is 32.2. The van der Waals surface area contributed by atoms with E-state index in [1.165, 1.54) is 18.0 Å².